The van der Waals surface area contributed by atoms with Gasteiger partial charge in [0.25, 0.3) is 0 Å². The second-order valence-corrected chi connectivity index (χ2v) is 6.08. The van der Waals surface area contributed by atoms with E-state index < -0.39 is 0 Å². The molecule has 0 amide bonds. The van der Waals surface area contributed by atoms with E-state index in [1.807, 2.05) is 0 Å². The van der Waals surface area contributed by atoms with E-state index in [1.54, 1.807) is 0 Å². The third-order valence-corrected chi connectivity index (χ3v) is 4.19. The van der Waals surface area contributed by atoms with Crippen LogP contribution in [0.4, 0.5) is 0 Å². The van der Waals surface area contributed by atoms with Crippen molar-refractivity contribution in [2.45, 2.75) is 98.3 Å². The number of unbranched alkanes of at least 4 members (excludes halogenated alkanes) is 4. The fraction of sp³-hybridized carbons (Fsp3) is 0.944. The van der Waals surface area contributed by atoms with Gasteiger partial charge in [0.05, 0.1) is 12.0 Å². The van der Waals surface area contributed by atoms with Gasteiger partial charge in [-0.25, -0.2) is 0 Å². The number of hydrogen-bond acceptors (Lipinski definition) is 2. The van der Waals surface area contributed by atoms with Gasteiger partial charge < -0.3 is 4.74 Å². The molecule has 3 heteroatoms. The Hall–Kier alpha value is 0.470. The second kappa shape index (κ2) is 15.4. The van der Waals surface area contributed by atoms with Gasteiger partial charge >= 0.3 is 35.5 Å². The van der Waals surface area contributed by atoms with E-state index in [4.69, 9.17) is 4.74 Å². The topological polar surface area (TPSA) is 26.3 Å². The number of carbonyl (C=O) groups excluding carboxylic acids is 1. The fourth-order valence-corrected chi connectivity index (χ4v) is 2.69. The second-order valence-electron chi connectivity index (χ2n) is 6.08. The Bertz CT molecular complexity index is 220. The fourth-order valence-electron chi connectivity index (χ4n) is 2.69. The molecule has 0 aromatic rings. The van der Waals surface area contributed by atoms with Crippen molar-refractivity contribution in [2.24, 2.45) is 5.41 Å². The maximum atomic E-state index is 12.6. The summed E-state index contributed by atoms with van der Waals surface area (Å²) in [7, 11) is 0. The molecule has 0 saturated heterocycles. The van der Waals surface area contributed by atoms with Gasteiger partial charge in [0.1, 0.15) is 0 Å². The summed E-state index contributed by atoms with van der Waals surface area (Å²) in [4.78, 5) is 12.6. The standard InChI is InChI=1S/C18H36O2.Na.H/c1-5-9-13-18(14-10-6-2,15-11-7-3)17(19)20-16-12-8-4;;/h5-16H2,1-4H3;;. The summed E-state index contributed by atoms with van der Waals surface area (Å²) in [6.07, 6.45) is 12.0. The van der Waals surface area contributed by atoms with Gasteiger partial charge in [0.2, 0.25) is 0 Å². The molecule has 0 rings (SSSR count). The van der Waals surface area contributed by atoms with Crippen molar-refractivity contribution in [1.29, 1.82) is 0 Å². The average molecular weight is 308 g/mol. The van der Waals surface area contributed by atoms with Crippen molar-refractivity contribution in [3.05, 3.63) is 0 Å². The first-order valence-electron chi connectivity index (χ1n) is 8.84. The molecule has 0 heterocycles. The van der Waals surface area contributed by atoms with Crippen molar-refractivity contribution >= 4 is 35.5 Å². The van der Waals surface area contributed by atoms with Crippen LogP contribution >= 0.6 is 0 Å². The summed E-state index contributed by atoms with van der Waals surface area (Å²) >= 11 is 0. The molecule has 0 saturated carbocycles. The Kier molecular flexibility index (Phi) is 17.4. The minimum absolute atomic E-state index is 0. The van der Waals surface area contributed by atoms with Crippen LogP contribution in [0.3, 0.4) is 0 Å². The SMILES string of the molecule is CCCCOC(=O)C(CCCC)(CCCC)CCCC.[NaH]. The van der Waals surface area contributed by atoms with Crippen LogP contribution in [0.2, 0.25) is 0 Å². The molecule has 0 aromatic heterocycles. The van der Waals surface area contributed by atoms with Crippen molar-refractivity contribution in [3.63, 3.8) is 0 Å². The Balaban J connectivity index is 0. The molecule has 21 heavy (non-hydrogen) atoms. The van der Waals surface area contributed by atoms with Gasteiger partial charge in [0, 0.05) is 0 Å². The van der Waals surface area contributed by atoms with E-state index >= 15 is 0 Å². The molecule has 0 radical (unpaired) electrons. The summed E-state index contributed by atoms with van der Waals surface area (Å²) in [5.74, 6) is 0.0845. The van der Waals surface area contributed by atoms with Gasteiger partial charge in [-0.2, -0.15) is 0 Å². The van der Waals surface area contributed by atoms with Gasteiger partial charge in [-0.3, -0.25) is 4.79 Å². The molecule has 122 valence electrons. The summed E-state index contributed by atoms with van der Waals surface area (Å²) < 4.78 is 5.60. The summed E-state index contributed by atoms with van der Waals surface area (Å²) in [5.41, 5.74) is -0.199. The van der Waals surface area contributed by atoms with Crippen molar-refractivity contribution in [2.75, 3.05) is 6.61 Å². The molecule has 0 aliphatic rings. The van der Waals surface area contributed by atoms with E-state index in [-0.39, 0.29) is 40.9 Å². The van der Waals surface area contributed by atoms with Crippen molar-refractivity contribution < 1.29 is 9.53 Å². The molecule has 0 fully saturated rings. The molecular formula is C18H37NaO2. The average Bonchev–Trinajstić information content (AvgIpc) is 2.47. The molecule has 2 nitrogen and oxygen atoms in total. The Morgan fingerprint density at radius 3 is 1.48 bits per heavy atom. The zero-order chi connectivity index (χ0) is 15.3. The Morgan fingerprint density at radius 2 is 1.14 bits per heavy atom. The number of carbonyl (C=O) groups is 1. The molecule has 0 atom stereocenters. The van der Waals surface area contributed by atoms with Gasteiger partial charge in [-0.05, 0) is 25.7 Å². The molecular weight excluding hydrogens is 271 g/mol. The molecule has 0 aliphatic heterocycles. The third kappa shape index (κ3) is 9.97. The van der Waals surface area contributed by atoms with Gasteiger partial charge in [-0.1, -0.05) is 72.6 Å². The first-order chi connectivity index (χ1) is 9.66. The van der Waals surface area contributed by atoms with E-state index in [0.29, 0.717) is 6.61 Å². The number of rotatable bonds is 13. The van der Waals surface area contributed by atoms with Crippen LogP contribution in [0.25, 0.3) is 0 Å². The molecule has 0 spiro atoms. The van der Waals surface area contributed by atoms with Crippen molar-refractivity contribution in [3.8, 4) is 0 Å². The molecule has 0 aromatic carbocycles. The molecule has 0 unspecified atom stereocenters. The maximum absolute atomic E-state index is 12.6. The minimum atomic E-state index is -0.199. The van der Waals surface area contributed by atoms with Crippen LogP contribution in [0.5, 0.6) is 0 Å². The van der Waals surface area contributed by atoms with Crippen LogP contribution in [0.1, 0.15) is 98.3 Å². The van der Waals surface area contributed by atoms with Crippen molar-refractivity contribution in [1.82, 2.24) is 0 Å². The van der Waals surface area contributed by atoms with Crippen LogP contribution in [-0.4, -0.2) is 42.1 Å². The first-order valence-corrected chi connectivity index (χ1v) is 8.84. The molecule has 0 aliphatic carbocycles. The van der Waals surface area contributed by atoms with Gasteiger partial charge in [0.15, 0.2) is 0 Å². The van der Waals surface area contributed by atoms with Crippen LogP contribution in [0, 0.1) is 5.41 Å². The monoisotopic (exact) mass is 308 g/mol. The molecule has 0 N–H and O–H groups in total. The quantitative estimate of drug-likeness (QED) is 0.264. The normalized spacial score (nSPS) is 11.0. The van der Waals surface area contributed by atoms with Crippen LogP contribution in [0.15, 0.2) is 0 Å². The third-order valence-electron chi connectivity index (χ3n) is 4.19. The zero-order valence-electron chi connectivity index (χ0n) is 14.3. The number of hydrogen-bond donors (Lipinski definition) is 0. The molecule has 0 bridgehead atoms. The predicted molar refractivity (Wildman–Crippen MR) is 94.0 cm³/mol. The van der Waals surface area contributed by atoms with Gasteiger partial charge in [-0.15, -0.1) is 0 Å². The Labute approximate surface area is 155 Å². The van der Waals surface area contributed by atoms with E-state index in [0.717, 1.165) is 70.6 Å². The Morgan fingerprint density at radius 1 is 0.762 bits per heavy atom. The van der Waals surface area contributed by atoms with E-state index in [2.05, 4.69) is 27.7 Å². The summed E-state index contributed by atoms with van der Waals surface area (Å²) in [6.45, 7) is 9.33. The summed E-state index contributed by atoms with van der Waals surface area (Å²) in [5, 5.41) is 0. The zero-order valence-corrected chi connectivity index (χ0v) is 14.3. The summed E-state index contributed by atoms with van der Waals surface area (Å²) in [6, 6.07) is 0. The van der Waals surface area contributed by atoms with Crippen LogP contribution < -0.4 is 0 Å². The van der Waals surface area contributed by atoms with E-state index in [1.165, 1.54) is 0 Å². The predicted octanol–water partition coefficient (Wildman–Crippen LogP) is 5.24. The first kappa shape index (κ1) is 23.7. The van der Waals surface area contributed by atoms with Crippen LogP contribution in [-0.2, 0) is 9.53 Å². The number of ether oxygens (including phenoxy) is 1. The van der Waals surface area contributed by atoms with E-state index in [9.17, 15) is 4.79 Å². The number of esters is 1.